The number of rotatable bonds is 2. The lowest BCUT2D eigenvalue weighted by Gasteiger charge is -2.22. The van der Waals surface area contributed by atoms with E-state index in [1.54, 1.807) is 12.1 Å². The molecular weight excluding hydrogens is 277 g/mol. The number of carbonyl (C=O) groups is 1. The Kier molecular flexibility index (Phi) is 3.40. The lowest BCUT2D eigenvalue weighted by Crippen LogP contribution is -2.38. The van der Waals surface area contributed by atoms with Crippen LogP contribution in [0.3, 0.4) is 0 Å². The zero-order valence-corrected chi connectivity index (χ0v) is 11.5. The molecular formula is C14H14FN3OS. The maximum atomic E-state index is 13.6. The number of amides is 1. The van der Waals surface area contributed by atoms with Gasteiger partial charge >= 0.3 is 0 Å². The van der Waals surface area contributed by atoms with E-state index in [-0.39, 0.29) is 17.5 Å². The lowest BCUT2D eigenvalue weighted by atomic mass is 9.97. The van der Waals surface area contributed by atoms with Crippen LogP contribution in [0.15, 0.2) is 24.3 Å². The predicted molar refractivity (Wildman–Crippen MR) is 76.2 cm³/mol. The Hall–Kier alpha value is -1.95. The van der Waals surface area contributed by atoms with Gasteiger partial charge in [0.2, 0.25) is 0 Å². The SMILES string of the molecule is Nc1nc2c(s1)CC(NC(=O)c1ccccc1F)CC2. The monoisotopic (exact) mass is 291 g/mol. The average Bonchev–Trinajstić information content (AvgIpc) is 2.78. The third-order valence-electron chi connectivity index (χ3n) is 3.41. The molecule has 3 rings (SSSR count). The summed E-state index contributed by atoms with van der Waals surface area (Å²) in [7, 11) is 0. The van der Waals surface area contributed by atoms with Crippen LogP contribution in [0.1, 0.15) is 27.3 Å². The van der Waals surface area contributed by atoms with Crippen LogP contribution in [-0.4, -0.2) is 16.9 Å². The first kappa shape index (κ1) is 13.1. The van der Waals surface area contributed by atoms with E-state index in [1.807, 2.05) is 0 Å². The molecule has 3 N–H and O–H groups in total. The number of benzene rings is 1. The number of carbonyl (C=O) groups excluding carboxylic acids is 1. The predicted octanol–water partition coefficient (Wildman–Crippen LogP) is 2.15. The van der Waals surface area contributed by atoms with Gasteiger partial charge in [-0.1, -0.05) is 12.1 Å². The highest BCUT2D eigenvalue weighted by molar-refractivity contribution is 7.15. The zero-order valence-electron chi connectivity index (χ0n) is 10.7. The molecule has 1 unspecified atom stereocenters. The van der Waals surface area contributed by atoms with Gasteiger partial charge in [-0.3, -0.25) is 4.79 Å². The van der Waals surface area contributed by atoms with Gasteiger partial charge in [0, 0.05) is 17.3 Å². The summed E-state index contributed by atoms with van der Waals surface area (Å²) < 4.78 is 13.6. The van der Waals surface area contributed by atoms with Crippen molar-refractivity contribution in [2.75, 3.05) is 5.73 Å². The highest BCUT2D eigenvalue weighted by Gasteiger charge is 2.24. The number of nitrogen functional groups attached to an aromatic ring is 1. The molecule has 104 valence electrons. The molecule has 1 amide bonds. The molecule has 2 aromatic rings. The van der Waals surface area contributed by atoms with Crippen molar-refractivity contribution in [2.24, 2.45) is 0 Å². The van der Waals surface area contributed by atoms with Crippen molar-refractivity contribution in [1.29, 1.82) is 0 Å². The molecule has 6 heteroatoms. The molecule has 20 heavy (non-hydrogen) atoms. The minimum atomic E-state index is -0.497. The van der Waals surface area contributed by atoms with Crippen molar-refractivity contribution >= 4 is 22.4 Å². The van der Waals surface area contributed by atoms with Crippen LogP contribution in [-0.2, 0) is 12.8 Å². The Morgan fingerprint density at radius 2 is 2.25 bits per heavy atom. The first-order valence-electron chi connectivity index (χ1n) is 6.43. The zero-order chi connectivity index (χ0) is 14.1. The number of anilines is 1. The van der Waals surface area contributed by atoms with Gasteiger partial charge in [-0.05, 0) is 25.0 Å². The van der Waals surface area contributed by atoms with Crippen LogP contribution in [0.5, 0.6) is 0 Å². The fourth-order valence-electron chi connectivity index (χ4n) is 2.43. The lowest BCUT2D eigenvalue weighted by molar-refractivity contribution is 0.0929. The van der Waals surface area contributed by atoms with Crippen molar-refractivity contribution in [3.8, 4) is 0 Å². The van der Waals surface area contributed by atoms with Gasteiger partial charge in [-0.15, -0.1) is 11.3 Å². The van der Waals surface area contributed by atoms with Crippen LogP contribution in [0.4, 0.5) is 9.52 Å². The van der Waals surface area contributed by atoms with Crippen LogP contribution in [0.25, 0.3) is 0 Å². The Balaban J connectivity index is 1.71. The Labute approximate surface area is 119 Å². The highest BCUT2D eigenvalue weighted by Crippen LogP contribution is 2.28. The molecule has 4 nitrogen and oxygen atoms in total. The topological polar surface area (TPSA) is 68.0 Å². The second-order valence-electron chi connectivity index (χ2n) is 4.82. The summed E-state index contributed by atoms with van der Waals surface area (Å²) in [5.74, 6) is -0.863. The largest absolute Gasteiger partial charge is 0.375 e. The minimum absolute atomic E-state index is 0.00876. The van der Waals surface area contributed by atoms with Crippen LogP contribution in [0.2, 0.25) is 0 Å². The smallest absolute Gasteiger partial charge is 0.254 e. The van der Waals surface area contributed by atoms with Gasteiger partial charge < -0.3 is 11.1 Å². The third kappa shape index (κ3) is 2.51. The number of fused-ring (bicyclic) bond motifs is 1. The number of nitrogens with two attached hydrogens (primary N) is 1. The average molecular weight is 291 g/mol. The molecule has 0 aliphatic heterocycles. The molecule has 1 aliphatic carbocycles. The number of hydrogen-bond acceptors (Lipinski definition) is 4. The number of halogens is 1. The van der Waals surface area contributed by atoms with Gasteiger partial charge in [0.05, 0.1) is 11.3 Å². The summed E-state index contributed by atoms with van der Waals surface area (Å²) in [5, 5.41) is 3.45. The Morgan fingerprint density at radius 1 is 1.45 bits per heavy atom. The fraction of sp³-hybridized carbons (Fsp3) is 0.286. The van der Waals surface area contributed by atoms with Crippen molar-refractivity contribution < 1.29 is 9.18 Å². The van der Waals surface area contributed by atoms with Crippen molar-refractivity contribution in [3.05, 3.63) is 46.2 Å². The number of thiazole rings is 1. The maximum absolute atomic E-state index is 13.6. The van der Waals surface area contributed by atoms with Crippen LogP contribution >= 0.6 is 11.3 Å². The normalized spacial score (nSPS) is 17.6. The summed E-state index contributed by atoms with van der Waals surface area (Å²) in [6.45, 7) is 0. The van der Waals surface area contributed by atoms with E-state index in [2.05, 4.69) is 10.3 Å². The van der Waals surface area contributed by atoms with E-state index >= 15 is 0 Å². The fourth-order valence-corrected chi connectivity index (χ4v) is 3.38. The van der Waals surface area contributed by atoms with E-state index < -0.39 is 5.82 Å². The summed E-state index contributed by atoms with van der Waals surface area (Å²) in [6.07, 6.45) is 2.31. The number of aryl methyl sites for hydroxylation is 1. The first-order valence-corrected chi connectivity index (χ1v) is 7.24. The van der Waals surface area contributed by atoms with Gasteiger partial charge in [0.25, 0.3) is 5.91 Å². The van der Waals surface area contributed by atoms with Gasteiger partial charge in [-0.25, -0.2) is 9.37 Å². The van der Waals surface area contributed by atoms with Crippen LogP contribution < -0.4 is 11.1 Å². The van der Waals surface area contributed by atoms with E-state index in [9.17, 15) is 9.18 Å². The van der Waals surface area contributed by atoms with E-state index in [0.29, 0.717) is 11.6 Å². The van der Waals surface area contributed by atoms with Gasteiger partial charge in [0.15, 0.2) is 5.13 Å². The molecule has 1 atom stereocenters. The van der Waals surface area contributed by atoms with E-state index in [0.717, 1.165) is 23.4 Å². The molecule has 0 bridgehead atoms. The molecule has 1 heterocycles. The third-order valence-corrected chi connectivity index (χ3v) is 4.36. The second kappa shape index (κ2) is 5.20. The maximum Gasteiger partial charge on any atom is 0.254 e. The molecule has 0 spiro atoms. The van der Waals surface area contributed by atoms with Crippen LogP contribution in [0, 0.1) is 5.82 Å². The number of nitrogens with one attached hydrogen (secondary N) is 1. The summed E-state index contributed by atoms with van der Waals surface area (Å²) >= 11 is 1.46. The van der Waals surface area contributed by atoms with Crippen molar-refractivity contribution in [2.45, 2.75) is 25.3 Å². The summed E-state index contributed by atoms with van der Waals surface area (Å²) in [6, 6.07) is 6.01. The molecule has 1 aromatic carbocycles. The number of hydrogen-bond donors (Lipinski definition) is 2. The second-order valence-corrected chi connectivity index (χ2v) is 5.93. The molecule has 0 radical (unpaired) electrons. The molecule has 0 saturated heterocycles. The molecule has 1 aliphatic rings. The van der Waals surface area contributed by atoms with Crippen molar-refractivity contribution in [3.63, 3.8) is 0 Å². The first-order chi connectivity index (χ1) is 9.63. The standard InChI is InChI=1S/C14H14FN3OS/c15-10-4-2-1-3-9(10)13(19)17-8-5-6-11-12(7-8)20-14(16)18-11/h1-4,8H,5-7H2,(H2,16,18)(H,17,19). The van der Waals surface area contributed by atoms with Gasteiger partial charge in [0.1, 0.15) is 5.82 Å². The summed E-state index contributed by atoms with van der Waals surface area (Å²) in [5.41, 5.74) is 6.80. The molecule has 1 aromatic heterocycles. The number of nitrogens with zero attached hydrogens (tertiary/aromatic N) is 1. The Morgan fingerprint density at radius 3 is 3.05 bits per heavy atom. The van der Waals surface area contributed by atoms with Gasteiger partial charge in [-0.2, -0.15) is 0 Å². The Bertz CT molecular complexity index is 656. The number of aromatic nitrogens is 1. The quantitative estimate of drug-likeness (QED) is 0.891. The van der Waals surface area contributed by atoms with Crippen molar-refractivity contribution in [1.82, 2.24) is 10.3 Å². The minimum Gasteiger partial charge on any atom is -0.375 e. The molecule has 0 fully saturated rings. The highest BCUT2D eigenvalue weighted by atomic mass is 32.1. The van der Waals surface area contributed by atoms with E-state index in [1.165, 1.54) is 23.5 Å². The van der Waals surface area contributed by atoms with E-state index in [4.69, 9.17) is 5.73 Å². The molecule has 0 saturated carbocycles. The summed E-state index contributed by atoms with van der Waals surface area (Å²) in [4.78, 5) is 17.4.